The Balaban J connectivity index is 1.85. The predicted octanol–water partition coefficient (Wildman–Crippen LogP) is 3.61. The molecule has 0 fully saturated rings. The highest BCUT2D eigenvalue weighted by atomic mass is 16.6. The van der Waals surface area contributed by atoms with E-state index in [1.807, 2.05) is 61.3 Å². The molecule has 0 bridgehead atoms. The summed E-state index contributed by atoms with van der Waals surface area (Å²) in [5, 5.41) is 14.6. The molecule has 0 spiro atoms. The first kappa shape index (κ1) is 29.5. The zero-order valence-corrected chi connectivity index (χ0v) is 23.1. The summed E-state index contributed by atoms with van der Waals surface area (Å²) in [6.45, 7) is 5.44. The third kappa shape index (κ3) is 7.98. The quantitative estimate of drug-likeness (QED) is 0.247. The van der Waals surface area contributed by atoms with Crippen LogP contribution in [0.5, 0.6) is 0 Å². The number of hydrogen-bond donors (Lipinski definition) is 1. The lowest BCUT2D eigenvalue weighted by atomic mass is 9.80. The van der Waals surface area contributed by atoms with Crippen LogP contribution in [0, 0.1) is 10.1 Å². The Morgan fingerprint density at radius 1 is 0.897 bits per heavy atom. The minimum absolute atomic E-state index is 0.131. The lowest BCUT2D eigenvalue weighted by Crippen LogP contribution is -2.34. The average molecular weight is 537 g/mol. The first-order valence-corrected chi connectivity index (χ1v) is 12.7. The molecule has 10 heteroatoms. The summed E-state index contributed by atoms with van der Waals surface area (Å²) in [5.74, 6) is -2.10. The second kappa shape index (κ2) is 13.7. The van der Waals surface area contributed by atoms with Crippen LogP contribution in [0.3, 0.4) is 0 Å². The van der Waals surface area contributed by atoms with Gasteiger partial charge in [0.25, 0.3) is 5.69 Å². The summed E-state index contributed by atoms with van der Waals surface area (Å²) in [6, 6.07) is 15.9. The topological polar surface area (TPSA) is 114 Å². The zero-order chi connectivity index (χ0) is 28.5. The molecule has 208 valence electrons. The number of likely N-dealkylation sites (N-methyl/N-ethyl adjacent to an activating group) is 2. The molecule has 39 heavy (non-hydrogen) atoms. The van der Waals surface area contributed by atoms with Gasteiger partial charge >= 0.3 is 11.9 Å². The van der Waals surface area contributed by atoms with Gasteiger partial charge in [-0.15, -0.1) is 0 Å². The van der Waals surface area contributed by atoms with Gasteiger partial charge in [-0.1, -0.05) is 42.5 Å². The van der Waals surface area contributed by atoms with E-state index in [9.17, 15) is 19.7 Å². The molecule has 0 aromatic heterocycles. The minimum Gasteiger partial charge on any atom is -0.461 e. The Morgan fingerprint density at radius 2 is 1.49 bits per heavy atom. The van der Waals surface area contributed by atoms with Crippen LogP contribution in [0.2, 0.25) is 0 Å². The fourth-order valence-electron chi connectivity index (χ4n) is 4.43. The second-order valence-corrected chi connectivity index (χ2v) is 9.79. The minimum atomic E-state index is -0.896. The van der Waals surface area contributed by atoms with Crippen molar-refractivity contribution in [1.29, 1.82) is 0 Å². The molecule has 3 rings (SSSR count). The van der Waals surface area contributed by atoms with Gasteiger partial charge in [0.1, 0.15) is 13.2 Å². The van der Waals surface area contributed by atoms with Crippen LogP contribution in [-0.2, 0) is 25.6 Å². The Kier molecular flexibility index (Phi) is 10.4. The van der Waals surface area contributed by atoms with E-state index in [0.717, 1.165) is 5.56 Å². The van der Waals surface area contributed by atoms with Gasteiger partial charge in [-0.25, -0.2) is 9.59 Å². The third-order valence-corrected chi connectivity index (χ3v) is 6.39. The number of dihydropyridines is 1. The van der Waals surface area contributed by atoms with Crippen LogP contribution in [0.4, 0.5) is 5.69 Å². The van der Waals surface area contributed by atoms with Crippen molar-refractivity contribution in [1.82, 2.24) is 15.1 Å². The number of rotatable bonds is 12. The molecular formula is C29H36N4O6. The molecule has 2 aromatic rings. The number of nitrogens with one attached hydrogen (secondary N) is 1. The summed E-state index contributed by atoms with van der Waals surface area (Å²) >= 11 is 0. The number of nitro groups is 1. The van der Waals surface area contributed by atoms with E-state index in [1.165, 1.54) is 18.2 Å². The summed E-state index contributed by atoms with van der Waals surface area (Å²) in [4.78, 5) is 41.7. The van der Waals surface area contributed by atoms with Gasteiger partial charge in [0.15, 0.2) is 0 Å². The van der Waals surface area contributed by atoms with Crippen molar-refractivity contribution in [3.05, 3.63) is 98.4 Å². The number of non-ortho nitro benzene ring substituents is 1. The number of hydrogen-bond acceptors (Lipinski definition) is 9. The number of esters is 2. The molecule has 2 aromatic carbocycles. The number of allylic oxidation sites excluding steroid dienone is 2. The van der Waals surface area contributed by atoms with E-state index in [-0.39, 0.29) is 30.0 Å². The number of ether oxygens (including phenoxy) is 2. The molecule has 1 unspecified atom stereocenters. The Bertz CT molecular complexity index is 1260. The number of nitrogens with zero attached hydrogens (tertiary/aromatic N) is 3. The molecule has 1 aliphatic rings. The normalized spacial score (nSPS) is 15.4. The van der Waals surface area contributed by atoms with E-state index in [0.29, 0.717) is 36.6 Å². The van der Waals surface area contributed by atoms with E-state index in [2.05, 4.69) is 5.32 Å². The molecule has 0 radical (unpaired) electrons. The van der Waals surface area contributed by atoms with Crippen LogP contribution in [-0.4, -0.2) is 74.1 Å². The molecule has 1 N–H and O–H groups in total. The highest BCUT2D eigenvalue weighted by molar-refractivity contribution is 6.00. The Hall–Kier alpha value is -4.02. The molecule has 0 amide bonds. The number of nitro benzene ring substituents is 1. The van der Waals surface area contributed by atoms with Gasteiger partial charge < -0.3 is 19.7 Å². The maximum Gasteiger partial charge on any atom is 0.336 e. The molecule has 0 saturated heterocycles. The molecule has 1 aliphatic heterocycles. The van der Waals surface area contributed by atoms with Crippen molar-refractivity contribution in [3.8, 4) is 0 Å². The third-order valence-electron chi connectivity index (χ3n) is 6.39. The van der Waals surface area contributed by atoms with Gasteiger partial charge in [-0.2, -0.15) is 0 Å². The maximum atomic E-state index is 13.5. The molecular weight excluding hydrogens is 500 g/mol. The van der Waals surface area contributed by atoms with Crippen molar-refractivity contribution in [2.75, 3.05) is 47.4 Å². The maximum absolute atomic E-state index is 13.5. The fourth-order valence-corrected chi connectivity index (χ4v) is 4.43. The van der Waals surface area contributed by atoms with E-state index in [1.54, 1.807) is 19.9 Å². The molecule has 10 nitrogen and oxygen atoms in total. The SMILES string of the molecule is CC1=C(C(=O)OCCN(C)C)C(c2cccc([N+](=O)[O-])c2)C(C(=O)OCCN(C)Cc2ccccc2)=C(C)N1. The molecule has 0 saturated carbocycles. The Labute approximate surface area is 229 Å². The van der Waals surface area contributed by atoms with Crippen molar-refractivity contribution in [2.24, 2.45) is 0 Å². The lowest BCUT2D eigenvalue weighted by Gasteiger charge is -2.30. The lowest BCUT2D eigenvalue weighted by molar-refractivity contribution is -0.384. The van der Waals surface area contributed by atoms with E-state index in [4.69, 9.17) is 9.47 Å². The zero-order valence-electron chi connectivity index (χ0n) is 23.1. The highest BCUT2D eigenvalue weighted by Gasteiger charge is 2.38. The average Bonchev–Trinajstić information content (AvgIpc) is 2.88. The number of carbonyl (C=O) groups excluding carboxylic acids is 2. The first-order chi connectivity index (χ1) is 18.6. The van der Waals surface area contributed by atoms with Crippen LogP contribution < -0.4 is 5.32 Å². The summed E-state index contributed by atoms with van der Waals surface area (Å²) in [5.41, 5.74) is 2.88. The van der Waals surface area contributed by atoms with E-state index < -0.39 is 22.8 Å². The molecule has 0 aliphatic carbocycles. The monoisotopic (exact) mass is 536 g/mol. The summed E-state index contributed by atoms with van der Waals surface area (Å²) in [7, 11) is 5.67. The first-order valence-electron chi connectivity index (χ1n) is 12.7. The van der Waals surface area contributed by atoms with Crippen molar-refractivity contribution in [3.63, 3.8) is 0 Å². The summed E-state index contributed by atoms with van der Waals surface area (Å²) in [6.07, 6.45) is 0. The smallest absolute Gasteiger partial charge is 0.336 e. The van der Waals surface area contributed by atoms with Gasteiger partial charge in [-0.05, 0) is 46.1 Å². The van der Waals surface area contributed by atoms with Crippen molar-refractivity contribution < 1.29 is 24.0 Å². The predicted molar refractivity (Wildman–Crippen MR) is 148 cm³/mol. The second-order valence-electron chi connectivity index (χ2n) is 9.79. The van der Waals surface area contributed by atoms with E-state index >= 15 is 0 Å². The van der Waals surface area contributed by atoms with Crippen molar-refractivity contribution >= 4 is 17.6 Å². The van der Waals surface area contributed by atoms with Crippen LogP contribution in [0.25, 0.3) is 0 Å². The molecule has 1 heterocycles. The summed E-state index contributed by atoms with van der Waals surface area (Å²) < 4.78 is 11.2. The van der Waals surface area contributed by atoms with Gasteiger partial charge in [-0.3, -0.25) is 15.0 Å². The molecule has 1 atom stereocenters. The van der Waals surface area contributed by atoms with Gasteiger partial charge in [0, 0.05) is 43.2 Å². The fraction of sp³-hybridized carbons (Fsp3) is 0.379. The highest BCUT2D eigenvalue weighted by Crippen LogP contribution is 2.40. The Morgan fingerprint density at radius 3 is 2.05 bits per heavy atom. The standard InChI is InChI=1S/C29H36N4O6/c1-20-25(28(34)38-16-14-31(3)4)27(23-12-9-13-24(18-23)33(36)37)26(21(2)30-20)29(35)39-17-15-32(5)19-22-10-7-6-8-11-22/h6-13,18,27,30H,14-17,19H2,1-5H3. The van der Waals surface area contributed by atoms with Crippen LogP contribution in [0.1, 0.15) is 30.9 Å². The largest absolute Gasteiger partial charge is 0.461 e. The van der Waals surface area contributed by atoms with Crippen LogP contribution >= 0.6 is 0 Å². The number of carbonyl (C=O) groups is 2. The van der Waals surface area contributed by atoms with Crippen LogP contribution in [0.15, 0.2) is 77.1 Å². The van der Waals surface area contributed by atoms with Crippen molar-refractivity contribution in [2.45, 2.75) is 26.3 Å². The number of benzene rings is 2. The van der Waals surface area contributed by atoms with Gasteiger partial charge in [0.2, 0.25) is 0 Å². The van der Waals surface area contributed by atoms with Gasteiger partial charge in [0.05, 0.1) is 22.0 Å².